The van der Waals surface area contributed by atoms with E-state index in [4.69, 9.17) is 0 Å². The Morgan fingerprint density at radius 3 is 1.75 bits per heavy atom. The van der Waals surface area contributed by atoms with Gasteiger partial charge in [-0.15, -0.1) is 0 Å². The number of aromatic amines is 1. The normalized spacial score (nSPS) is 10.4. The van der Waals surface area contributed by atoms with Gasteiger partial charge >= 0.3 is 0 Å². The molecule has 0 bridgehead atoms. The Kier molecular flexibility index (Phi) is 13.9. The zero-order valence-electron chi connectivity index (χ0n) is 30.7. The highest BCUT2D eigenvalue weighted by Crippen LogP contribution is 2.23. The Morgan fingerprint density at radius 1 is 0.673 bits per heavy atom. The molecule has 0 spiro atoms. The van der Waals surface area contributed by atoms with E-state index in [0.717, 1.165) is 36.8 Å². The number of pyridine rings is 2. The van der Waals surface area contributed by atoms with Gasteiger partial charge in [-0.1, -0.05) is 106 Å². The summed E-state index contributed by atoms with van der Waals surface area (Å²) in [7, 11) is 0. The lowest BCUT2D eigenvalue weighted by Crippen LogP contribution is -2.29. The number of H-pyrrole nitrogens is 1. The summed E-state index contributed by atoms with van der Waals surface area (Å²) in [6.07, 6.45) is 3.13. The maximum absolute atomic E-state index is 12.8. The Hall–Kier alpha value is -5.29. The fraction of sp³-hybridized carbons (Fsp3) is 0.209. The maximum Gasteiger partial charge on any atom is 0.257 e. The molecule has 9 heteroatoms. The first-order valence-corrected chi connectivity index (χ1v) is 18.5. The zero-order chi connectivity index (χ0) is 37.9. The van der Waals surface area contributed by atoms with Gasteiger partial charge in [0.05, 0.1) is 11.0 Å². The smallest absolute Gasteiger partial charge is 0.257 e. The van der Waals surface area contributed by atoms with Crippen LogP contribution in [0.3, 0.4) is 0 Å². The largest absolute Gasteiger partial charge is 0.359 e. The van der Waals surface area contributed by atoms with E-state index in [1.54, 1.807) is 18.3 Å². The molecule has 7 rings (SSSR count). The lowest BCUT2D eigenvalue weighted by atomic mass is 10.1. The number of hydrogen-bond acceptors (Lipinski definition) is 4. The second kappa shape index (κ2) is 18.3. The van der Waals surface area contributed by atoms with Gasteiger partial charge in [0, 0.05) is 50.9 Å². The lowest BCUT2D eigenvalue weighted by molar-refractivity contribution is 0.0941. The third-order valence-electron chi connectivity index (χ3n) is 8.30. The van der Waals surface area contributed by atoms with Crippen molar-refractivity contribution in [3.63, 3.8) is 0 Å². The summed E-state index contributed by atoms with van der Waals surface area (Å²) in [6, 6.07) is 28.9. The van der Waals surface area contributed by atoms with Crippen LogP contribution in [0.15, 0.2) is 113 Å². The number of carbonyl (C=O) groups is 2. The van der Waals surface area contributed by atoms with Crippen LogP contribution in [-0.4, -0.2) is 21.2 Å². The predicted octanol–water partition coefficient (Wildman–Crippen LogP) is 8.86. The molecule has 4 aromatic carbocycles. The summed E-state index contributed by atoms with van der Waals surface area (Å²) >= 11 is 2.16. The molecule has 0 unspecified atom stereocenters. The number of aromatic nitrogens is 2. The molecule has 0 saturated carbocycles. The van der Waals surface area contributed by atoms with Crippen molar-refractivity contribution in [2.24, 2.45) is 0 Å². The highest BCUT2D eigenvalue weighted by atomic mass is 127. The van der Waals surface area contributed by atoms with Gasteiger partial charge in [-0.3, -0.25) is 19.2 Å². The third kappa shape index (κ3) is 8.95. The number of para-hydroxylation sites is 2. The van der Waals surface area contributed by atoms with Gasteiger partial charge in [0.2, 0.25) is 10.9 Å². The Balaban J connectivity index is 0.000000213. The zero-order valence-corrected chi connectivity index (χ0v) is 32.8. The molecule has 0 fully saturated rings. The van der Waals surface area contributed by atoms with E-state index in [1.807, 2.05) is 132 Å². The summed E-state index contributed by atoms with van der Waals surface area (Å²) in [5.74, 6) is -0.714. The minimum absolute atomic E-state index is 0.131. The molecule has 2 amide bonds. The van der Waals surface area contributed by atoms with Crippen LogP contribution in [0.5, 0.6) is 0 Å². The highest BCUT2D eigenvalue weighted by Gasteiger charge is 2.17. The number of hydrogen-bond donors (Lipinski definition) is 3. The molecule has 0 aliphatic carbocycles. The molecule has 3 N–H and O–H groups in total. The van der Waals surface area contributed by atoms with Crippen LogP contribution < -0.4 is 21.5 Å². The van der Waals surface area contributed by atoms with Crippen LogP contribution >= 0.6 is 22.6 Å². The average molecular weight is 809 g/mol. The van der Waals surface area contributed by atoms with Crippen LogP contribution in [-0.2, 0) is 13.1 Å². The van der Waals surface area contributed by atoms with Crippen molar-refractivity contribution in [3.05, 3.63) is 166 Å². The van der Waals surface area contributed by atoms with E-state index >= 15 is 0 Å². The van der Waals surface area contributed by atoms with Gasteiger partial charge in [0.25, 0.3) is 11.8 Å². The molecule has 268 valence electrons. The molecular formula is C43H45IN4O4. The summed E-state index contributed by atoms with van der Waals surface area (Å²) in [4.78, 5) is 53.2. The van der Waals surface area contributed by atoms with E-state index in [0.29, 0.717) is 23.9 Å². The fourth-order valence-corrected chi connectivity index (χ4v) is 6.27. The van der Waals surface area contributed by atoms with Crippen molar-refractivity contribution in [3.8, 4) is 0 Å². The van der Waals surface area contributed by atoms with E-state index in [2.05, 4.69) is 38.2 Å². The fourth-order valence-electron chi connectivity index (χ4n) is 5.61. The minimum atomic E-state index is -0.368. The summed E-state index contributed by atoms with van der Waals surface area (Å²) in [5, 5.41) is 7.76. The first-order valence-electron chi connectivity index (χ1n) is 17.4. The molecule has 0 aliphatic heterocycles. The van der Waals surface area contributed by atoms with Crippen LogP contribution in [0.4, 0.5) is 0 Å². The lowest BCUT2D eigenvalue weighted by Gasteiger charge is -2.08. The number of carbonyl (C=O) groups excluding carboxylic acids is 2. The van der Waals surface area contributed by atoms with Gasteiger partial charge in [-0.05, 0) is 78.8 Å². The molecular weight excluding hydrogens is 763 g/mol. The van der Waals surface area contributed by atoms with E-state index < -0.39 is 0 Å². The van der Waals surface area contributed by atoms with Crippen molar-refractivity contribution in [1.82, 2.24) is 20.0 Å². The molecule has 7 aromatic rings. The summed E-state index contributed by atoms with van der Waals surface area (Å²) in [6.45, 7) is 14.8. The van der Waals surface area contributed by atoms with Crippen LogP contribution in [0.2, 0.25) is 0 Å². The van der Waals surface area contributed by atoms with Crippen LogP contribution in [0.25, 0.3) is 27.2 Å². The van der Waals surface area contributed by atoms with Gasteiger partial charge in [0.1, 0.15) is 11.1 Å². The summed E-state index contributed by atoms with van der Waals surface area (Å²) < 4.78 is 2.87. The molecule has 3 heterocycles. The van der Waals surface area contributed by atoms with Crippen molar-refractivity contribution in [2.45, 2.75) is 61.6 Å². The second-order valence-electron chi connectivity index (χ2n) is 11.8. The Morgan fingerprint density at radius 2 is 1.17 bits per heavy atom. The highest BCUT2D eigenvalue weighted by molar-refractivity contribution is 14.1. The van der Waals surface area contributed by atoms with Crippen LogP contribution in [0, 0.1) is 24.3 Å². The van der Waals surface area contributed by atoms with Gasteiger partial charge in [0.15, 0.2) is 0 Å². The number of amides is 2. The predicted molar refractivity (Wildman–Crippen MR) is 222 cm³/mol. The number of benzene rings is 4. The van der Waals surface area contributed by atoms with Gasteiger partial charge in [-0.2, -0.15) is 0 Å². The minimum Gasteiger partial charge on any atom is -0.359 e. The topological polar surface area (TPSA) is 113 Å². The quantitative estimate of drug-likeness (QED) is 0.146. The molecule has 0 radical (unpaired) electrons. The molecule has 0 saturated heterocycles. The van der Waals surface area contributed by atoms with Crippen LogP contribution in [0.1, 0.15) is 76.4 Å². The van der Waals surface area contributed by atoms with Crippen molar-refractivity contribution >= 4 is 61.6 Å². The first-order chi connectivity index (χ1) is 25.1. The number of fused-ring (bicyclic) bond motifs is 1. The molecule has 52 heavy (non-hydrogen) atoms. The monoisotopic (exact) mass is 808 g/mol. The van der Waals surface area contributed by atoms with Crippen molar-refractivity contribution in [2.75, 3.05) is 0 Å². The number of nitrogens with zero attached hydrogens (tertiary/aromatic N) is 1. The SMILES string of the molecule is CC.CC.Cc1ccc(CNC(=O)c2c[nH]c3c(I)cccc3c2=O)cc1.Cc1ccc(CNC(=O)c2cn3c(C)cc4cccc(c2=O)c43)cc1. The van der Waals surface area contributed by atoms with E-state index in [9.17, 15) is 19.2 Å². The van der Waals surface area contributed by atoms with Crippen molar-refractivity contribution in [1.29, 1.82) is 0 Å². The molecule has 0 aliphatic rings. The second-order valence-corrected chi connectivity index (χ2v) is 13.0. The van der Waals surface area contributed by atoms with E-state index in [1.165, 1.54) is 17.3 Å². The molecule has 8 nitrogen and oxygen atoms in total. The molecule has 0 atom stereocenters. The number of halogens is 1. The first kappa shape index (κ1) is 39.5. The van der Waals surface area contributed by atoms with Crippen molar-refractivity contribution < 1.29 is 9.59 Å². The standard InChI is InChI=1S/C21H18N2O2.C18H15IN2O2.2C2H6/c1-13-6-8-15(9-7-13)11-22-21(25)18-12-23-14(2)10-16-4-3-5-17(19(16)23)20(18)24;1-11-5-7-12(8-6-11)9-21-18(23)14-10-20-16-13(17(14)22)3-2-4-15(16)19;2*1-2/h3-10,12H,11H2,1-2H3,(H,22,25);2-8,10H,9H2,1H3,(H,20,22)(H,21,23);2*1-2H3. The maximum atomic E-state index is 12.8. The Labute approximate surface area is 317 Å². The number of aryl methyl sites for hydroxylation is 3. The Bertz CT molecular complexity index is 2410. The van der Waals surface area contributed by atoms with Gasteiger partial charge in [-0.25, -0.2) is 0 Å². The van der Waals surface area contributed by atoms with E-state index in [-0.39, 0.29) is 33.8 Å². The third-order valence-corrected chi connectivity index (χ3v) is 9.20. The summed E-state index contributed by atoms with van der Waals surface area (Å²) in [5.41, 5.74) is 6.80. The molecule has 3 aromatic heterocycles. The van der Waals surface area contributed by atoms with Gasteiger partial charge < -0.3 is 20.0 Å². The number of rotatable bonds is 6. The average Bonchev–Trinajstić information content (AvgIpc) is 3.49. The number of nitrogens with one attached hydrogen (secondary N) is 3.